The molecule has 0 spiro atoms. The van der Waals surface area contributed by atoms with Crippen molar-refractivity contribution in [1.82, 2.24) is 4.98 Å². The van der Waals surface area contributed by atoms with Gasteiger partial charge in [0.25, 0.3) is 0 Å². The molecule has 1 atom stereocenters. The summed E-state index contributed by atoms with van der Waals surface area (Å²) < 4.78 is 0. The molecule has 0 fully saturated rings. The molecule has 4 nitrogen and oxygen atoms in total. The normalized spacial score (nSPS) is 11.6. The van der Waals surface area contributed by atoms with Gasteiger partial charge in [-0.15, -0.1) is 23.7 Å². The summed E-state index contributed by atoms with van der Waals surface area (Å²) in [5.41, 5.74) is 8.98. The minimum Gasteiger partial charge on any atom is -0.330 e. The highest BCUT2D eigenvalue weighted by molar-refractivity contribution is 7.15. The lowest BCUT2D eigenvalue weighted by molar-refractivity contribution is -0.119. The molecule has 2 rings (SSSR count). The van der Waals surface area contributed by atoms with Gasteiger partial charge >= 0.3 is 0 Å². The van der Waals surface area contributed by atoms with Crippen LogP contribution in [0.3, 0.4) is 0 Å². The Kier molecular flexibility index (Phi) is 7.00. The molecule has 0 saturated heterocycles. The third-order valence-electron chi connectivity index (χ3n) is 3.37. The van der Waals surface area contributed by atoms with Crippen molar-refractivity contribution in [2.75, 3.05) is 11.9 Å². The zero-order valence-corrected chi connectivity index (χ0v) is 14.7. The summed E-state index contributed by atoms with van der Waals surface area (Å²) >= 11 is 1.53. The van der Waals surface area contributed by atoms with Crippen LogP contribution in [-0.4, -0.2) is 17.4 Å². The monoisotopic (exact) mass is 339 g/mol. The van der Waals surface area contributed by atoms with E-state index in [4.69, 9.17) is 5.73 Å². The van der Waals surface area contributed by atoms with Gasteiger partial charge in [-0.1, -0.05) is 36.8 Å². The summed E-state index contributed by atoms with van der Waals surface area (Å²) in [4.78, 5) is 17.5. The van der Waals surface area contributed by atoms with Crippen LogP contribution < -0.4 is 11.1 Å². The molecule has 3 N–H and O–H groups in total. The SMILES string of the molecule is Cc1cccc(Cc2sc(NC(=O)C(C)CN)nc2C)c1.Cl. The smallest absolute Gasteiger partial charge is 0.230 e. The quantitative estimate of drug-likeness (QED) is 0.878. The Morgan fingerprint density at radius 1 is 1.41 bits per heavy atom. The number of carbonyl (C=O) groups excluding carboxylic acids is 1. The predicted molar refractivity (Wildman–Crippen MR) is 94.9 cm³/mol. The van der Waals surface area contributed by atoms with Crippen molar-refractivity contribution in [3.05, 3.63) is 46.0 Å². The largest absolute Gasteiger partial charge is 0.330 e. The van der Waals surface area contributed by atoms with E-state index in [1.165, 1.54) is 27.3 Å². The first-order valence-electron chi connectivity index (χ1n) is 7.02. The minimum absolute atomic E-state index is 0. The van der Waals surface area contributed by atoms with Gasteiger partial charge in [-0.3, -0.25) is 4.79 Å². The molecule has 22 heavy (non-hydrogen) atoms. The second kappa shape index (κ2) is 8.27. The van der Waals surface area contributed by atoms with Crippen molar-refractivity contribution >= 4 is 34.8 Å². The Morgan fingerprint density at radius 3 is 2.77 bits per heavy atom. The molecule has 1 unspecified atom stereocenters. The number of aromatic nitrogens is 1. The zero-order valence-electron chi connectivity index (χ0n) is 13.1. The fraction of sp³-hybridized carbons (Fsp3) is 0.375. The van der Waals surface area contributed by atoms with Crippen LogP contribution in [0.4, 0.5) is 5.13 Å². The van der Waals surface area contributed by atoms with Crippen molar-refractivity contribution < 1.29 is 4.79 Å². The number of amides is 1. The number of hydrogen-bond donors (Lipinski definition) is 2. The van der Waals surface area contributed by atoms with Crippen LogP contribution in [0.25, 0.3) is 0 Å². The van der Waals surface area contributed by atoms with Crippen LogP contribution in [0.2, 0.25) is 0 Å². The van der Waals surface area contributed by atoms with E-state index in [1.54, 1.807) is 0 Å². The van der Waals surface area contributed by atoms with Crippen molar-refractivity contribution in [3.63, 3.8) is 0 Å². The fourth-order valence-electron chi connectivity index (χ4n) is 1.99. The van der Waals surface area contributed by atoms with Gasteiger partial charge in [0, 0.05) is 23.8 Å². The number of thiazole rings is 1. The molecular weight excluding hydrogens is 318 g/mol. The number of benzene rings is 1. The summed E-state index contributed by atoms with van der Waals surface area (Å²) in [7, 11) is 0. The minimum atomic E-state index is -0.200. The number of halogens is 1. The van der Waals surface area contributed by atoms with Gasteiger partial charge in [-0.05, 0) is 19.4 Å². The number of hydrogen-bond acceptors (Lipinski definition) is 4. The Labute approximate surface area is 141 Å². The average Bonchev–Trinajstić information content (AvgIpc) is 2.77. The topological polar surface area (TPSA) is 68.0 Å². The average molecular weight is 340 g/mol. The van der Waals surface area contributed by atoms with E-state index in [0.717, 1.165) is 12.1 Å². The molecule has 0 aliphatic carbocycles. The number of nitrogens with zero attached hydrogens (tertiary/aromatic N) is 1. The maximum absolute atomic E-state index is 11.8. The lowest BCUT2D eigenvalue weighted by Crippen LogP contribution is -2.26. The lowest BCUT2D eigenvalue weighted by atomic mass is 10.1. The number of nitrogens with one attached hydrogen (secondary N) is 1. The van der Waals surface area contributed by atoms with Crippen LogP contribution >= 0.6 is 23.7 Å². The third-order valence-corrected chi connectivity index (χ3v) is 4.44. The van der Waals surface area contributed by atoms with Crippen LogP contribution in [0.5, 0.6) is 0 Å². The number of anilines is 1. The van der Waals surface area contributed by atoms with Gasteiger partial charge in [0.15, 0.2) is 5.13 Å². The molecule has 6 heteroatoms. The first-order chi connectivity index (χ1) is 9.99. The first kappa shape index (κ1) is 18.6. The first-order valence-corrected chi connectivity index (χ1v) is 7.84. The number of carbonyl (C=O) groups is 1. The molecule has 0 aliphatic heterocycles. The second-order valence-corrected chi connectivity index (χ2v) is 6.40. The molecule has 0 aliphatic rings. The molecule has 0 radical (unpaired) electrons. The molecule has 0 bridgehead atoms. The van der Waals surface area contributed by atoms with Gasteiger partial charge in [-0.2, -0.15) is 0 Å². The van der Waals surface area contributed by atoms with Crippen LogP contribution in [0.1, 0.15) is 28.6 Å². The van der Waals surface area contributed by atoms with Crippen molar-refractivity contribution in [2.45, 2.75) is 27.2 Å². The zero-order chi connectivity index (χ0) is 15.4. The highest BCUT2D eigenvalue weighted by Crippen LogP contribution is 2.25. The van der Waals surface area contributed by atoms with Crippen LogP contribution in [0, 0.1) is 19.8 Å². The molecule has 1 aromatic heterocycles. The Balaban J connectivity index is 0.00000242. The van der Waals surface area contributed by atoms with Gasteiger partial charge in [-0.25, -0.2) is 4.98 Å². The van der Waals surface area contributed by atoms with E-state index in [0.29, 0.717) is 11.7 Å². The van der Waals surface area contributed by atoms with Crippen molar-refractivity contribution in [1.29, 1.82) is 0 Å². The maximum atomic E-state index is 11.8. The predicted octanol–water partition coefficient (Wildman–Crippen LogP) is 3.31. The molecule has 0 saturated carbocycles. The summed E-state index contributed by atoms with van der Waals surface area (Å²) in [5, 5.41) is 3.49. The Morgan fingerprint density at radius 2 is 2.14 bits per heavy atom. The summed E-state index contributed by atoms with van der Waals surface area (Å²) in [6.45, 7) is 6.21. The van der Waals surface area contributed by atoms with Gasteiger partial charge in [0.1, 0.15) is 0 Å². The van der Waals surface area contributed by atoms with E-state index in [1.807, 2.05) is 13.8 Å². The van der Waals surface area contributed by atoms with Crippen LogP contribution in [-0.2, 0) is 11.2 Å². The highest BCUT2D eigenvalue weighted by Gasteiger charge is 2.14. The lowest BCUT2D eigenvalue weighted by Gasteiger charge is -2.06. The van der Waals surface area contributed by atoms with E-state index in [2.05, 4.69) is 41.5 Å². The highest BCUT2D eigenvalue weighted by atomic mass is 35.5. The van der Waals surface area contributed by atoms with Crippen LogP contribution in [0.15, 0.2) is 24.3 Å². The Bertz CT molecular complexity index is 642. The van der Waals surface area contributed by atoms with E-state index < -0.39 is 0 Å². The molecule has 1 heterocycles. The molecule has 1 amide bonds. The van der Waals surface area contributed by atoms with Crippen molar-refractivity contribution in [2.24, 2.45) is 11.7 Å². The van der Waals surface area contributed by atoms with Gasteiger partial charge < -0.3 is 11.1 Å². The van der Waals surface area contributed by atoms with E-state index in [-0.39, 0.29) is 24.2 Å². The van der Waals surface area contributed by atoms with Gasteiger partial charge in [0.2, 0.25) is 5.91 Å². The third kappa shape index (κ3) is 4.80. The maximum Gasteiger partial charge on any atom is 0.230 e. The number of nitrogens with two attached hydrogens (primary N) is 1. The number of rotatable bonds is 5. The van der Waals surface area contributed by atoms with E-state index >= 15 is 0 Å². The summed E-state index contributed by atoms with van der Waals surface area (Å²) in [5.74, 6) is -0.275. The fourth-order valence-corrected chi connectivity index (χ4v) is 2.99. The molecular formula is C16H22ClN3OS. The molecule has 1 aromatic carbocycles. The second-order valence-electron chi connectivity index (χ2n) is 5.32. The summed E-state index contributed by atoms with van der Waals surface area (Å²) in [6, 6.07) is 8.43. The van der Waals surface area contributed by atoms with E-state index in [9.17, 15) is 4.79 Å². The molecule has 2 aromatic rings. The number of aryl methyl sites for hydroxylation is 2. The van der Waals surface area contributed by atoms with Crippen molar-refractivity contribution in [3.8, 4) is 0 Å². The standard InChI is InChI=1S/C16H21N3OS.ClH/c1-10-5-4-6-13(7-10)8-14-12(3)18-16(21-14)19-15(20)11(2)9-17;/h4-7,11H,8-9,17H2,1-3H3,(H,18,19,20);1H. The summed E-state index contributed by atoms with van der Waals surface area (Å²) in [6.07, 6.45) is 0.841. The van der Waals surface area contributed by atoms with Gasteiger partial charge in [0.05, 0.1) is 5.69 Å². The Hall–Kier alpha value is -1.43. The molecule has 120 valence electrons.